The molecule has 0 radical (unpaired) electrons. The summed E-state index contributed by atoms with van der Waals surface area (Å²) in [5, 5.41) is 0. The van der Waals surface area contributed by atoms with E-state index in [1.54, 1.807) is 7.11 Å². The summed E-state index contributed by atoms with van der Waals surface area (Å²) >= 11 is 0. The number of rotatable bonds is 6. The van der Waals surface area contributed by atoms with Crippen molar-refractivity contribution in [3.8, 4) is 5.75 Å². The van der Waals surface area contributed by atoms with Gasteiger partial charge >= 0.3 is 0 Å². The molecule has 1 aromatic rings. The molecule has 0 heterocycles. The van der Waals surface area contributed by atoms with Crippen LogP contribution in [-0.4, -0.2) is 20.2 Å². The van der Waals surface area contributed by atoms with Crippen LogP contribution in [0.4, 0.5) is 11.4 Å². The molecule has 3 heteroatoms. The fraction of sp³-hybridized carbons (Fsp3) is 0.600. The van der Waals surface area contributed by atoms with Crippen LogP contribution in [0.1, 0.15) is 27.7 Å². The van der Waals surface area contributed by atoms with E-state index >= 15 is 0 Å². The van der Waals surface area contributed by atoms with Crippen LogP contribution in [0.3, 0.4) is 0 Å². The summed E-state index contributed by atoms with van der Waals surface area (Å²) in [6.45, 7) is 11.0. The molecule has 0 spiro atoms. The Bertz CT molecular complexity index is 365. The molecule has 0 amide bonds. The molecule has 0 fully saturated rings. The van der Waals surface area contributed by atoms with E-state index in [-0.39, 0.29) is 0 Å². The van der Waals surface area contributed by atoms with E-state index in [2.05, 4.69) is 38.7 Å². The van der Waals surface area contributed by atoms with Crippen LogP contribution in [-0.2, 0) is 0 Å². The number of nitrogens with zero attached hydrogens (tertiary/aromatic N) is 1. The number of benzene rings is 1. The van der Waals surface area contributed by atoms with Crippen LogP contribution in [0.2, 0.25) is 0 Å². The van der Waals surface area contributed by atoms with Gasteiger partial charge in [0.25, 0.3) is 0 Å². The second kappa shape index (κ2) is 6.53. The lowest BCUT2D eigenvalue weighted by Crippen LogP contribution is -2.31. The van der Waals surface area contributed by atoms with E-state index in [1.807, 2.05) is 12.1 Å². The molecule has 2 N–H and O–H groups in total. The van der Waals surface area contributed by atoms with Gasteiger partial charge in [-0.3, -0.25) is 0 Å². The summed E-state index contributed by atoms with van der Waals surface area (Å²) in [5.74, 6) is 2.02. The Morgan fingerprint density at radius 3 is 2.11 bits per heavy atom. The molecule has 1 rings (SSSR count). The van der Waals surface area contributed by atoms with Crippen LogP contribution in [0.25, 0.3) is 0 Å². The van der Waals surface area contributed by atoms with Gasteiger partial charge in [0.15, 0.2) is 0 Å². The zero-order chi connectivity index (χ0) is 13.7. The summed E-state index contributed by atoms with van der Waals surface area (Å²) in [5.41, 5.74) is 7.73. The Labute approximate surface area is 111 Å². The highest BCUT2D eigenvalue weighted by atomic mass is 16.5. The van der Waals surface area contributed by atoms with Crippen molar-refractivity contribution in [3.63, 3.8) is 0 Å². The summed E-state index contributed by atoms with van der Waals surface area (Å²) in [6, 6.07) is 6.02. The molecule has 102 valence electrons. The molecule has 0 saturated carbocycles. The predicted molar refractivity (Wildman–Crippen MR) is 79.3 cm³/mol. The SMILES string of the molecule is COc1cc(N(CC(C)C)CC(C)C)ccc1N. The molecule has 18 heavy (non-hydrogen) atoms. The number of nitrogen functional groups attached to an aromatic ring is 1. The monoisotopic (exact) mass is 250 g/mol. The maximum atomic E-state index is 5.86. The quantitative estimate of drug-likeness (QED) is 0.786. The zero-order valence-electron chi connectivity index (χ0n) is 12.2. The molecule has 0 aromatic heterocycles. The molecule has 0 atom stereocenters. The third-order valence-corrected chi connectivity index (χ3v) is 2.75. The van der Waals surface area contributed by atoms with Gasteiger partial charge in [0.2, 0.25) is 0 Å². The first-order chi connectivity index (χ1) is 8.43. The first-order valence-electron chi connectivity index (χ1n) is 6.62. The summed E-state index contributed by atoms with van der Waals surface area (Å²) in [7, 11) is 1.66. The third kappa shape index (κ3) is 4.13. The smallest absolute Gasteiger partial charge is 0.143 e. The largest absolute Gasteiger partial charge is 0.495 e. The highest BCUT2D eigenvalue weighted by Crippen LogP contribution is 2.28. The van der Waals surface area contributed by atoms with Crippen LogP contribution in [0.5, 0.6) is 5.75 Å². The van der Waals surface area contributed by atoms with Gasteiger partial charge in [-0.05, 0) is 24.0 Å². The lowest BCUT2D eigenvalue weighted by Gasteiger charge is -2.29. The second-order valence-electron chi connectivity index (χ2n) is 5.62. The van der Waals surface area contributed by atoms with Crippen molar-refractivity contribution >= 4 is 11.4 Å². The predicted octanol–water partition coefficient (Wildman–Crippen LogP) is 3.40. The minimum absolute atomic E-state index is 0.632. The number of methoxy groups -OCH3 is 1. The molecule has 0 unspecified atom stereocenters. The first kappa shape index (κ1) is 14.7. The number of hydrogen-bond donors (Lipinski definition) is 1. The normalized spacial score (nSPS) is 11.1. The molecule has 0 aliphatic rings. The van der Waals surface area contributed by atoms with E-state index in [1.165, 1.54) is 5.69 Å². The van der Waals surface area contributed by atoms with Gasteiger partial charge in [0, 0.05) is 24.8 Å². The van der Waals surface area contributed by atoms with Gasteiger partial charge in [-0.25, -0.2) is 0 Å². The number of nitrogens with two attached hydrogens (primary N) is 1. The fourth-order valence-electron chi connectivity index (χ4n) is 2.06. The summed E-state index contributed by atoms with van der Waals surface area (Å²) in [6.07, 6.45) is 0. The van der Waals surface area contributed by atoms with Crippen molar-refractivity contribution in [1.29, 1.82) is 0 Å². The van der Waals surface area contributed by atoms with Crippen molar-refractivity contribution < 1.29 is 4.74 Å². The van der Waals surface area contributed by atoms with E-state index in [9.17, 15) is 0 Å². The van der Waals surface area contributed by atoms with Gasteiger partial charge < -0.3 is 15.4 Å². The van der Waals surface area contributed by atoms with Crippen molar-refractivity contribution in [3.05, 3.63) is 18.2 Å². The number of anilines is 2. The Hall–Kier alpha value is -1.38. The van der Waals surface area contributed by atoms with Gasteiger partial charge in [0.05, 0.1) is 12.8 Å². The van der Waals surface area contributed by atoms with E-state index in [0.717, 1.165) is 18.8 Å². The van der Waals surface area contributed by atoms with Crippen LogP contribution >= 0.6 is 0 Å². The van der Waals surface area contributed by atoms with Crippen molar-refractivity contribution in [2.75, 3.05) is 30.8 Å². The van der Waals surface area contributed by atoms with Crippen molar-refractivity contribution in [2.45, 2.75) is 27.7 Å². The lowest BCUT2D eigenvalue weighted by molar-refractivity contribution is 0.416. The minimum Gasteiger partial charge on any atom is -0.495 e. The van der Waals surface area contributed by atoms with Gasteiger partial charge in [-0.1, -0.05) is 27.7 Å². The molecule has 3 nitrogen and oxygen atoms in total. The third-order valence-electron chi connectivity index (χ3n) is 2.75. The van der Waals surface area contributed by atoms with Gasteiger partial charge in [-0.2, -0.15) is 0 Å². The first-order valence-corrected chi connectivity index (χ1v) is 6.62. The van der Waals surface area contributed by atoms with Crippen molar-refractivity contribution in [2.24, 2.45) is 11.8 Å². The maximum absolute atomic E-state index is 5.86. The molecular formula is C15H26N2O. The zero-order valence-corrected chi connectivity index (χ0v) is 12.2. The van der Waals surface area contributed by atoms with Crippen LogP contribution in [0.15, 0.2) is 18.2 Å². The average Bonchev–Trinajstić information content (AvgIpc) is 2.27. The molecule has 1 aromatic carbocycles. The van der Waals surface area contributed by atoms with Gasteiger partial charge in [-0.15, -0.1) is 0 Å². The summed E-state index contributed by atoms with van der Waals surface area (Å²) in [4.78, 5) is 2.40. The highest BCUT2D eigenvalue weighted by molar-refractivity contribution is 5.62. The highest BCUT2D eigenvalue weighted by Gasteiger charge is 2.12. The minimum atomic E-state index is 0.632. The average molecular weight is 250 g/mol. The lowest BCUT2D eigenvalue weighted by atomic mass is 10.1. The van der Waals surface area contributed by atoms with Gasteiger partial charge in [0.1, 0.15) is 5.75 Å². The Kier molecular flexibility index (Phi) is 5.32. The van der Waals surface area contributed by atoms with E-state index < -0.39 is 0 Å². The summed E-state index contributed by atoms with van der Waals surface area (Å²) < 4.78 is 5.29. The molecule has 0 aliphatic heterocycles. The maximum Gasteiger partial charge on any atom is 0.143 e. The number of ether oxygens (including phenoxy) is 1. The Morgan fingerprint density at radius 2 is 1.67 bits per heavy atom. The molecular weight excluding hydrogens is 224 g/mol. The fourth-order valence-corrected chi connectivity index (χ4v) is 2.06. The van der Waals surface area contributed by atoms with E-state index in [0.29, 0.717) is 17.5 Å². The van der Waals surface area contributed by atoms with Crippen LogP contribution < -0.4 is 15.4 Å². The Balaban J connectivity index is 2.96. The standard InChI is InChI=1S/C15H26N2O/c1-11(2)9-17(10-12(3)4)13-6-7-14(16)15(8-13)18-5/h6-8,11-12H,9-10,16H2,1-5H3. The van der Waals surface area contributed by atoms with Crippen molar-refractivity contribution in [1.82, 2.24) is 0 Å². The molecule has 0 aliphatic carbocycles. The second-order valence-corrected chi connectivity index (χ2v) is 5.62. The van der Waals surface area contributed by atoms with E-state index in [4.69, 9.17) is 10.5 Å². The number of hydrogen-bond acceptors (Lipinski definition) is 3. The topological polar surface area (TPSA) is 38.5 Å². The van der Waals surface area contributed by atoms with Crippen LogP contribution in [0, 0.1) is 11.8 Å². The Morgan fingerprint density at radius 1 is 1.11 bits per heavy atom. The molecule has 0 bridgehead atoms. The molecule has 0 saturated heterocycles.